The number of amides is 1. The standard InChI is InChI=1S/C21H19Cl2N3O3S/c1-4-9-26-20(28)15-7-5-13(22)10-16(15)25-21(26)30-12(2)19(27)24-17-11-14(23)6-8-18(17)29-3/h4-8,10-12H,1,9H2,2-3H3,(H,24,27). The fourth-order valence-corrected chi connectivity index (χ4v) is 4.03. The number of hydrogen-bond donors (Lipinski definition) is 1. The maximum Gasteiger partial charge on any atom is 0.262 e. The first-order chi connectivity index (χ1) is 14.3. The monoisotopic (exact) mass is 463 g/mol. The summed E-state index contributed by atoms with van der Waals surface area (Å²) >= 11 is 13.2. The molecule has 0 radical (unpaired) electrons. The van der Waals surface area contributed by atoms with Crippen LogP contribution in [0.5, 0.6) is 5.75 Å². The summed E-state index contributed by atoms with van der Waals surface area (Å²) in [5.41, 5.74) is 0.715. The summed E-state index contributed by atoms with van der Waals surface area (Å²) in [6.07, 6.45) is 1.61. The molecule has 1 amide bonds. The summed E-state index contributed by atoms with van der Waals surface area (Å²) in [6.45, 7) is 5.70. The zero-order valence-corrected chi connectivity index (χ0v) is 18.6. The SMILES string of the molecule is C=CCn1c(SC(C)C(=O)Nc2cc(Cl)ccc2OC)nc2cc(Cl)ccc2c1=O. The maximum absolute atomic E-state index is 12.9. The Morgan fingerprint density at radius 3 is 2.70 bits per heavy atom. The van der Waals surface area contributed by atoms with Crippen LogP contribution >= 0.6 is 35.0 Å². The molecule has 1 atom stereocenters. The van der Waals surface area contributed by atoms with Crippen molar-refractivity contribution >= 4 is 57.5 Å². The van der Waals surface area contributed by atoms with Crippen LogP contribution in [0.4, 0.5) is 5.69 Å². The second-order valence-corrected chi connectivity index (χ2v) is 8.54. The van der Waals surface area contributed by atoms with Gasteiger partial charge in [0.2, 0.25) is 5.91 Å². The fraction of sp³-hybridized carbons (Fsp3) is 0.190. The number of anilines is 1. The van der Waals surface area contributed by atoms with Crippen LogP contribution < -0.4 is 15.6 Å². The maximum atomic E-state index is 12.9. The van der Waals surface area contributed by atoms with E-state index in [9.17, 15) is 9.59 Å². The molecule has 3 rings (SSSR count). The van der Waals surface area contributed by atoms with Crippen LogP contribution in [0.3, 0.4) is 0 Å². The molecule has 0 aliphatic heterocycles. The van der Waals surface area contributed by atoms with Gasteiger partial charge in [-0.1, -0.05) is 41.0 Å². The lowest BCUT2D eigenvalue weighted by Gasteiger charge is -2.16. The van der Waals surface area contributed by atoms with E-state index in [1.54, 1.807) is 49.4 Å². The van der Waals surface area contributed by atoms with Gasteiger partial charge < -0.3 is 10.1 Å². The van der Waals surface area contributed by atoms with E-state index in [0.717, 1.165) is 0 Å². The average molecular weight is 464 g/mol. The summed E-state index contributed by atoms with van der Waals surface area (Å²) in [5, 5.41) is 4.05. The first-order valence-electron chi connectivity index (χ1n) is 8.96. The molecule has 1 N–H and O–H groups in total. The molecule has 6 nitrogen and oxygen atoms in total. The molecule has 3 aromatic rings. The molecule has 1 aromatic heterocycles. The topological polar surface area (TPSA) is 73.2 Å². The van der Waals surface area contributed by atoms with Crippen molar-refractivity contribution in [1.29, 1.82) is 0 Å². The van der Waals surface area contributed by atoms with Crippen LogP contribution in [0.1, 0.15) is 6.92 Å². The fourth-order valence-electron chi connectivity index (χ4n) is 2.78. The first kappa shape index (κ1) is 22.2. The molecule has 9 heteroatoms. The van der Waals surface area contributed by atoms with Crippen LogP contribution in [-0.4, -0.2) is 27.8 Å². The first-order valence-corrected chi connectivity index (χ1v) is 10.6. The molecule has 0 spiro atoms. The molecule has 0 fully saturated rings. The number of fused-ring (bicyclic) bond motifs is 1. The number of allylic oxidation sites excluding steroid dienone is 1. The molecule has 1 heterocycles. The quantitative estimate of drug-likeness (QED) is 0.302. The van der Waals surface area contributed by atoms with E-state index < -0.39 is 5.25 Å². The number of halogens is 2. The second kappa shape index (κ2) is 9.55. The van der Waals surface area contributed by atoms with E-state index in [1.807, 2.05) is 0 Å². The van der Waals surface area contributed by atoms with Gasteiger partial charge in [0, 0.05) is 16.6 Å². The Balaban J connectivity index is 1.92. The minimum atomic E-state index is -0.562. The number of methoxy groups -OCH3 is 1. The smallest absolute Gasteiger partial charge is 0.262 e. The van der Waals surface area contributed by atoms with Gasteiger partial charge in [-0.05, 0) is 43.3 Å². The summed E-state index contributed by atoms with van der Waals surface area (Å²) < 4.78 is 6.75. The lowest BCUT2D eigenvalue weighted by molar-refractivity contribution is -0.115. The van der Waals surface area contributed by atoms with E-state index in [1.165, 1.54) is 23.4 Å². The van der Waals surface area contributed by atoms with Gasteiger partial charge in [0.05, 0.1) is 29.0 Å². The number of carbonyl (C=O) groups is 1. The Hall–Kier alpha value is -2.48. The Bertz CT molecular complexity index is 1180. The van der Waals surface area contributed by atoms with Gasteiger partial charge in [0.25, 0.3) is 5.56 Å². The summed E-state index contributed by atoms with van der Waals surface area (Å²) in [5.74, 6) is 0.207. The third-order valence-corrected chi connectivity index (χ3v) is 5.83. The van der Waals surface area contributed by atoms with Crippen molar-refractivity contribution in [3.8, 4) is 5.75 Å². The van der Waals surface area contributed by atoms with Crippen molar-refractivity contribution in [2.24, 2.45) is 0 Å². The Morgan fingerprint density at radius 1 is 1.30 bits per heavy atom. The summed E-state index contributed by atoms with van der Waals surface area (Å²) in [7, 11) is 1.51. The lowest BCUT2D eigenvalue weighted by Crippen LogP contribution is -2.27. The van der Waals surface area contributed by atoms with E-state index in [0.29, 0.717) is 37.5 Å². The molecule has 0 saturated heterocycles. The van der Waals surface area contributed by atoms with Crippen LogP contribution in [0.2, 0.25) is 10.0 Å². The number of ether oxygens (including phenoxy) is 1. The second-order valence-electron chi connectivity index (χ2n) is 6.35. The van der Waals surface area contributed by atoms with Gasteiger partial charge in [-0.25, -0.2) is 4.98 Å². The highest BCUT2D eigenvalue weighted by Gasteiger charge is 2.20. The number of nitrogens with zero attached hydrogens (tertiary/aromatic N) is 2. The normalized spacial score (nSPS) is 11.9. The Kier molecular flexibility index (Phi) is 7.07. The van der Waals surface area contributed by atoms with Gasteiger partial charge in [-0.15, -0.1) is 6.58 Å². The zero-order valence-electron chi connectivity index (χ0n) is 16.3. The van der Waals surface area contributed by atoms with Crippen LogP contribution in [0, 0.1) is 0 Å². The van der Waals surface area contributed by atoms with E-state index in [-0.39, 0.29) is 18.0 Å². The minimum absolute atomic E-state index is 0.219. The molecule has 0 bridgehead atoms. The highest BCUT2D eigenvalue weighted by Crippen LogP contribution is 2.30. The molecule has 0 aliphatic rings. The molecule has 2 aromatic carbocycles. The van der Waals surface area contributed by atoms with Crippen LogP contribution in [0.15, 0.2) is 59.0 Å². The van der Waals surface area contributed by atoms with Gasteiger partial charge in [-0.2, -0.15) is 0 Å². The number of thioether (sulfide) groups is 1. The number of aromatic nitrogens is 2. The predicted octanol–water partition coefficient (Wildman–Crippen LogP) is 5.02. The molecule has 1 unspecified atom stereocenters. The number of benzene rings is 2. The Labute approximate surface area is 187 Å². The molecular weight excluding hydrogens is 445 g/mol. The number of carbonyl (C=O) groups excluding carboxylic acids is 1. The van der Waals surface area contributed by atoms with Crippen molar-refractivity contribution in [3.05, 3.63) is 69.5 Å². The van der Waals surface area contributed by atoms with E-state index in [4.69, 9.17) is 27.9 Å². The largest absolute Gasteiger partial charge is 0.495 e. The van der Waals surface area contributed by atoms with Crippen molar-refractivity contribution in [2.45, 2.75) is 23.9 Å². The zero-order chi connectivity index (χ0) is 21.8. The molecular formula is C21H19Cl2N3O3S. The lowest BCUT2D eigenvalue weighted by atomic mass is 10.2. The van der Waals surface area contributed by atoms with Crippen molar-refractivity contribution < 1.29 is 9.53 Å². The van der Waals surface area contributed by atoms with Crippen molar-refractivity contribution in [3.63, 3.8) is 0 Å². The van der Waals surface area contributed by atoms with Crippen LogP contribution in [-0.2, 0) is 11.3 Å². The van der Waals surface area contributed by atoms with E-state index in [2.05, 4.69) is 16.9 Å². The van der Waals surface area contributed by atoms with Gasteiger partial charge in [0.1, 0.15) is 5.75 Å². The van der Waals surface area contributed by atoms with Crippen molar-refractivity contribution in [2.75, 3.05) is 12.4 Å². The van der Waals surface area contributed by atoms with Gasteiger partial charge in [-0.3, -0.25) is 14.2 Å². The summed E-state index contributed by atoms with van der Waals surface area (Å²) in [4.78, 5) is 30.2. The van der Waals surface area contributed by atoms with E-state index >= 15 is 0 Å². The molecule has 0 saturated carbocycles. The molecule has 0 aliphatic carbocycles. The highest BCUT2D eigenvalue weighted by atomic mass is 35.5. The third kappa shape index (κ3) is 4.80. The van der Waals surface area contributed by atoms with Crippen LogP contribution in [0.25, 0.3) is 10.9 Å². The number of nitrogens with one attached hydrogen (secondary N) is 1. The number of rotatable bonds is 7. The molecule has 30 heavy (non-hydrogen) atoms. The van der Waals surface area contributed by atoms with Crippen molar-refractivity contribution in [1.82, 2.24) is 9.55 Å². The molecule has 156 valence electrons. The summed E-state index contributed by atoms with van der Waals surface area (Å²) in [6, 6.07) is 9.87. The van der Waals surface area contributed by atoms with Gasteiger partial charge in [0.15, 0.2) is 5.16 Å². The van der Waals surface area contributed by atoms with Gasteiger partial charge >= 0.3 is 0 Å². The number of hydrogen-bond acceptors (Lipinski definition) is 5. The predicted molar refractivity (Wildman–Crippen MR) is 123 cm³/mol. The third-order valence-electron chi connectivity index (χ3n) is 4.26. The minimum Gasteiger partial charge on any atom is -0.495 e. The average Bonchev–Trinajstić information content (AvgIpc) is 2.70. The Morgan fingerprint density at radius 2 is 2.00 bits per heavy atom. The highest BCUT2D eigenvalue weighted by molar-refractivity contribution is 8.00.